The largest absolute Gasteiger partial charge is 0.374 e. The van der Waals surface area contributed by atoms with Crippen molar-refractivity contribution >= 4 is 16.8 Å². The number of nitrogens with zero attached hydrogens (tertiary/aromatic N) is 2. The van der Waals surface area contributed by atoms with Crippen LogP contribution in [-0.4, -0.2) is 54.7 Å². The molecule has 24 heavy (non-hydrogen) atoms. The van der Waals surface area contributed by atoms with Crippen LogP contribution in [0.4, 0.5) is 0 Å². The van der Waals surface area contributed by atoms with Gasteiger partial charge in [-0.15, -0.1) is 0 Å². The van der Waals surface area contributed by atoms with Gasteiger partial charge in [-0.05, 0) is 18.1 Å². The van der Waals surface area contributed by atoms with Crippen molar-refractivity contribution in [1.82, 2.24) is 15.2 Å². The highest BCUT2D eigenvalue weighted by atomic mass is 16.5. The average Bonchev–Trinajstić information content (AvgIpc) is 2.59. The zero-order valence-electron chi connectivity index (χ0n) is 14.4. The number of benzene rings is 1. The molecule has 2 heterocycles. The van der Waals surface area contributed by atoms with Crippen LogP contribution in [-0.2, 0) is 4.74 Å². The maximum absolute atomic E-state index is 12.3. The lowest BCUT2D eigenvalue weighted by atomic mass is 10.1. The summed E-state index contributed by atoms with van der Waals surface area (Å²) in [5.74, 6) is 0.491. The molecule has 5 heteroatoms. The summed E-state index contributed by atoms with van der Waals surface area (Å²) in [6.07, 6.45) is 0.0434. The second kappa shape index (κ2) is 7.73. The molecule has 3 rings (SSSR count). The third kappa shape index (κ3) is 4.30. The van der Waals surface area contributed by atoms with Gasteiger partial charge in [-0.1, -0.05) is 38.1 Å². The van der Waals surface area contributed by atoms with Crippen LogP contribution in [0.25, 0.3) is 10.9 Å². The van der Waals surface area contributed by atoms with E-state index in [9.17, 15) is 4.79 Å². The Kier molecular flexibility index (Phi) is 5.43. The standard InChI is InChI=1S/C19H25N3O2/c1-14(2)12-22-9-10-24-16(13-22)11-20-19(23)18-8-7-15-5-3-4-6-17(15)21-18/h3-8,14,16H,9-13H2,1-2H3,(H,20,23)/t16-/m1/s1. The number of carbonyl (C=O) groups is 1. The van der Waals surface area contributed by atoms with Gasteiger partial charge >= 0.3 is 0 Å². The van der Waals surface area contributed by atoms with Gasteiger partial charge in [0.05, 0.1) is 18.2 Å². The van der Waals surface area contributed by atoms with Crippen molar-refractivity contribution in [1.29, 1.82) is 0 Å². The van der Waals surface area contributed by atoms with Crippen LogP contribution < -0.4 is 5.32 Å². The van der Waals surface area contributed by atoms with Crippen molar-refractivity contribution in [2.24, 2.45) is 5.92 Å². The highest BCUT2D eigenvalue weighted by Gasteiger charge is 2.21. The number of fused-ring (bicyclic) bond motifs is 1. The van der Waals surface area contributed by atoms with Gasteiger partial charge in [0.25, 0.3) is 5.91 Å². The molecule has 1 atom stereocenters. The smallest absolute Gasteiger partial charge is 0.269 e. The molecular formula is C19H25N3O2. The number of para-hydroxylation sites is 1. The molecule has 0 aliphatic carbocycles. The maximum Gasteiger partial charge on any atom is 0.269 e. The second-order valence-electron chi connectivity index (χ2n) is 6.75. The highest BCUT2D eigenvalue weighted by Crippen LogP contribution is 2.12. The van der Waals surface area contributed by atoms with E-state index < -0.39 is 0 Å². The number of carbonyl (C=O) groups excluding carboxylic acids is 1. The molecule has 1 fully saturated rings. The number of amides is 1. The minimum atomic E-state index is -0.148. The first-order valence-electron chi connectivity index (χ1n) is 8.60. The zero-order chi connectivity index (χ0) is 16.9. The summed E-state index contributed by atoms with van der Waals surface area (Å²) in [4.78, 5) is 19.2. The monoisotopic (exact) mass is 327 g/mol. The predicted molar refractivity (Wildman–Crippen MR) is 95.1 cm³/mol. The molecule has 1 amide bonds. The van der Waals surface area contributed by atoms with E-state index in [-0.39, 0.29) is 12.0 Å². The lowest BCUT2D eigenvalue weighted by Gasteiger charge is -2.33. The summed E-state index contributed by atoms with van der Waals surface area (Å²) in [6, 6.07) is 11.5. The van der Waals surface area contributed by atoms with Gasteiger partial charge in [-0.25, -0.2) is 4.98 Å². The molecule has 1 aliphatic rings. The fraction of sp³-hybridized carbons (Fsp3) is 0.474. The molecule has 0 radical (unpaired) electrons. The van der Waals surface area contributed by atoms with E-state index in [0.717, 1.165) is 37.1 Å². The third-order valence-corrected chi connectivity index (χ3v) is 4.17. The van der Waals surface area contributed by atoms with Crippen molar-refractivity contribution < 1.29 is 9.53 Å². The minimum Gasteiger partial charge on any atom is -0.374 e. The Morgan fingerprint density at radius 1 is 1.33 bits per heavy atom. The Labute approximate surface area is 143 Å². The fourth-order valence-corrected chi connectivity index (χ4v) is 3.08. The van der Waals surface area contributed by atoms with E-state index in [1.807, 2.05) is 30.3 Å². The molecule has 0 unspecified atom stereocenters. The summed E-state index contributed by atoms with van der Waals surface area (Å²) in [5.41, 5.74) is 1.28. The van der Waals surface area contributed by atoms with Crippen molar-refractivity contribution in [2.75, 3.05) is 32.8 Å². The fourth-order valence-electron chi connectivity index (χ4n) is 3.08. The number of pyridine rings is 1. The van der Waals surface area contributed by atoms with Crippen LogP contribution in [0.3, 0.4) is 0 Å². The van der Waals surface area contributed by atoms with Gasteiger partial charge in [-0.2, -0.15) is 0 Å². The molecule has 2 aromatic rings. The number of morpholine rings is 1. The molecular weight excluding hydrogens is 302 g/mol. The van der Waals surface area contributed by atoms with E-state index >= 15 is 0 Å². The first-order chi connectivity index (χ1) is 11.6. The van der Waals surface area contributed by atoms with Crippen LogP contribution in [0.1, 0.15) is 24.3 Å². The van der Waals surface area contributed by atoms with Crippen LogP contribution in [0.15, 0.2) is 36.4 Å². The molecule has 128 valence electrons. The van der Waals surface area contributed by atoms with Crippen LogP contribution in [0.2, 0.25) is 0 Å². The summed E-state index contributed by atoms with van der Waals surface area (Å²) < 4.78 is 5.77. The van der Waals surface area contributed by atoms with Crippen molar-refractivity contribution in [2.45, 2.75) is 20.0 Å². The summed E-state index contributed by atoms with van der Waals surface area (Å²) in [5, 5.41) is 3.99. The van der Waals surface area contributed by atoms with Crippen LogP contribution >= 0.6 is 0 Å². The van der Waals surface area contributed by atoms with Crippen LogP contribution in [0.5, 0.6) is 0 Å². The quantitative estimate of drug-likeness (QED) is 0.916. The Morgan fingerprint density at radius 3 is 3.00 bits per heavy atom. The molecule has 1 aromatic heterocycles. The first kappa shape index (κ1) is 16.9. The first-order valence-corrected chi connectivity index (χ1v) is 8.60. The number of rotatable bonds is 5. The number of ether oxygens (including phenoxy) is 1. The highest BCUT2D eigenvalue weighted by molar-refractivity contribution is 5.94. The Hall–Kier alpha value is -1.98. The van der Waals surface area contributed by atoms with Crippen molar-refractivity contribution in [3.63, 3.8) is 0 Å². The van der Waals surface area contributed by atoms with Crippen molar-refractivity contribution in [3.05, 3.63) is 42.1 Å². The van der Waals surface area contributed by atoms with E-state index in [2.05, 4.69) is 29.0 Å². The van der Waals surface area contributed by atoms with Gasteiger partial charge in [0.2, 0.25) is 0 Å². The molecule has 1 saturated heterocycles. The number of hydrogen-bond acceptors (Lipinski definition) is 4. The summed E-state index contributed by atoms with van der Waals surface area (Å²) in [7, 11) is 0. The van der Waals surface area contributed by atoms with Gasteiger partial charge < -0.3 is 10.1 Å². The van der Waals surface area contributed by atoms with E-state index in [1.54, 1.807) is 6.07 Å². The van der Waals surface area contributed by atoms with Gasteiger partial charge in [0.15, 0.2) is 0 Å². The van der Waals surface area contributed by atoms with Gasteiger partial charge in [0.1, 0.15) is 5.69 Å². The maximum atomic E-state index is 12.3. The molecule has 1 aromatic carbocycles. The lowest BCUT2D eigenvalue weighted by molar-refractivity contribution is -0.0295. The summed E-state index contributed by atoms with van der Waals surface area (Å²) >= 11 is 0. The van der Waals surface area contributed by atoms with Crippen molar-refractivity contribution in [3.8, 4) is 0 Å². The van der Waals surface area contributed by atoms with Gasteiger partial charge in [-0.3, -0.25) is 9.69 Å². The molecule has 5 nitrogen and oxygen atoms in total. The molecule has 0 saturated carbocycles. The Balaban J connectivity index is 1.56. The van der Waals surface area contributed by atoms with E-state index in [1.165, 1.54) is 0 Å². The minimum absolute atomic E-state index is 0.0434. The van der Waals surface area contributed by atoms with E-state index in [0.29, 0.717) is 18.2 Å². The van der Waals surface area contributed by atoms with Gasteiger partial charge in [0, 0.05) is 31.6 Å². The molecule has 1 aliphatic heterocycles. The molecule has 0 spiro atoms. The van der Waals surface area contributed by atoms with E-state index in [4.69, 9.17) is 4.74 Å². The number of nitrogens with one attached hydrogen (secondary N) is 1. The van der Waals surface area contributed by atoms with Crippen LogP contribution in [0, 0.1) is 5.92 Å². The topological polar surface area (TPSA) is 54.5 Å². The predicted octanol–water partition coefficient (Wildman–Crippen LogP) is 2.32. The zero-order valence-corrected chi connectivity index (χ0v) is 14.4. The average molecular weight is 327 g/mol. The Morgan fingerprint density at radius 2 is 2.17 bits per heavy atom. The third-order valence-electron chi connectivity index (χ3n) is 4.17. The normalized spacial score (nSPS) is 18.9. The number of aromatic nitrogens is 1. The second-order valence-corrected chi connectivity index (χ2v) is 6.75. The SMILES string of the molecule is CC(C)CN1CCO[C@H](CNC(=O)c2ccc3ccccc3n2)C1. The Bertz CT molecular complexity index is 702. The number of hydrogen-bond donors (Lipinski definition) is 1. The molecule has 1 N–H and O–H groups in total. The molecule has 0 bridgehead atoms. The summed E-state index contributed by atoms with van der Waals surface area (Å²) in [6.45, 7) is 8.58. The lowest BCUT2D eigenvalue weighted by Crippen LogP contribution is -2.48.